The summed E-state index contributed by atoms with van der Waals surface area (Å²) < 4.78 is 0. The molecule has 0 bridgehead atoms. The molecule has 2 heterocycles. The number of phenolic OH excluding ortho intramolecular Hbond substituents is 1. The molecule has 2 aliphatic rings. The molecule has 0 saturated heterocycles. The summed E-state index contributed by atoms with van der Waals surface area (Å²) in [6.07, 6.45) is 0.501. The van der Waals surface area contributed by atoms with Crippen molar-refractivity contribution >= 4 is 11.9 Å². The Hall–Kier alpha value is -2.54. The molecule has 3 amide bonds. The zero-order chi connectivity index (χ0) is 16.6. The summed E-state index contributed by atoms with van der Waals surface area (Å²) in [6.45, 7) is 0.836. The molecule has 1 atom stereocenters. The van der Waals surface area contributed by atoms with Crippen molar-refractivity contribution in [1.82, 2.24) is 15.1 Å². The molecule has 0 aromatic heterocycles. The van der Waals surface area contributed by atoms with Crippen LogP contribution in [0.4, 0.5) is 4.79 Å². The van der Waals surface area contributed by atoms with Gasteiger partial charge in [0.2, 0.25) is 0 Å². The van der Waals surface area contributed by atoms with Crippen molar-refractivity contribution < 1.29 is 19.8 Å². The van der Waals surface area contributed by atoms with Gasteiger partial charge in [0, 0.05) is 20.2 Å². The predicted molar refractivity (Wildman–Crippen MR) is 82.5 cm³/mol. The second kappa shape index (κ2) is 5.92. The SMILES string of the molecule is CN1C(=O)N[C@@H](c2ccc(O)cc2)C2=C1CN(CCCO)C2=O. The average Bonchev–Trinajstić information content (AvgIpc) is 2.87. The van der Waals surface area contributed by atoms with Gasteiger partial charge in [0.1, 0.15) is 5.75 Å². The summed E-state index contributed by atoms with van der Waals surface area (Å²) in [5.74, 6) is 0.00269. The normalized spacial score (nSPS) is 20.9. The van der Waals surface area contributed by atoms with Gasteiger partial charge < -0.3 is 20.4 Å². The Bertz CT molecular complexity index is 668. The first kappa shape index (κ1) is 15.4. The van der Waals surface area contributed by atoms with Crippen LogP contribution in [0.5, 0.6) is 5.75 Å². The highest BCUT2D eigenvalue weighted by atomic mass is 16.3. The fourth-order valence-electron chi connectivity index (χ4n) is 2.98. The van der Waals surface area contributed by atoms with Crippen LogP contribution in [0.15, 0.2) is 35.5 Å². The van der Waals surface area contributed by atoms with Gasteiger partial charge in [-0.2, -0.15) is 0 Å². The Kier molecular flexibility index (Phi) is 3.96. The number of hydrogen-bond acceptors (Lipinski definition) is 4. The first-order chi connectivity index (χ1) is 11.0. The largest absolute Gasteiger partial charge is 0.508 e. The van der Waals surface area contributed by atoms with Crippen LogP contribution < -0.4 is 5.32 Å². The van der Waals surface area contributed by atoms with E-state index in [0.29, 0.717) is 30.8 Å². The van der Waals surface area contributed by atoms with E-state index in [1.54, 1.807) is 24.1 Å². The van der Waals surface area contributed by atoms with Crippen LogP contribution in [0.25, 0.3) is 0 Å². The van der Waals surface area contributed by atoms with E-state index in [1.165, 1.54) is 17.0 Å². The minimum absolute atomic E-state index is 0.0167. The summed E-state index contributed by atoms with van der Waals surface area (Å²) in [4.78, 5) is 28.0. The molecule has 0 spiro atoms. The fourth-order valence-corrected chi connectivity index (χ4v) is 2.98. The minimum atomic E-state index is -0.527. The van der Waals surface area contributed by atoms with Crippen molar-refractivity contribution in [2.75, 3.05) is 26.7 Å². The summed E-state index contributed by atoms with van der Waals surface area (Å²) >= 11 is 0. The summed E-state index contributed by atoms with van der Waals surface area (Å²) in [5.41, 5.74) is 1.99. The number of hydrogen-bond donors (Lipinski definition) is 3. The molecule has 0 aliphatic carbocycles. The number of benzene rings is 1. The zero-order valence-electron chi connectivity index (χ0n) is 12.8. The zero-order valence-corrected chi connectivity index (χ0v) is 12.8. The summed E-state index contributed by atoms with van der Waals surface area (Å²) in [7, 11) is 1.64. The molecule has 3 rings (SSSR count). The topological polar surface area (TPSA) is 93.1 Å². The highest BCUT2D eigenvalue weighted by Gasteiger charge is 2.42. The monoisotopic (exact) mass is 317 g/mol. The number of nitrogens with one attached hydrogen (secondary N) is 1. The average molecular weight is 317 g/mol. The molecule has 0 saturated carbocycles. The Balaban J connectivity index is 1.96. The van der Waals surface area contributed by atoms with E-state index >= 15 is 0 Å². The number of carbonyl (C=O) groups is 2. The van der Waals surface area contributed by atoms with Gasteiger partial charge in [-0.25, -0.2) is 4.79 Å². The first-order valence-corrected chi connectivity index (χ1v) is 7.49. The number of rotatable bonds is 4. The number of aromatic hydroxyl groups is 1. The Morgan fingerprint density at radius 3 is 2.61 bits per heavy atom. The number of aliphatic hydroxyl groups is 1. The molecular formula is C16H19N3O4. The summed E-state index contributed by atoms with van der Waals surface area (Å²) in [6, 6.07) is 5.66. The van der Waals surface area contributed by atoms with E-state index in [1.807, 2.05) is 0 Å². The first-order valence-electron chi connectivity index (χ1n) is 7.49. The molecule has 122 valence electrons. The van der Waals surface area contributed by atoms with Gasteiger partial charge in [-0.05, 0) is 24.1 Å². The third-order valence-corrected chi connectivity index (χ3v) is 4.25. The molecule has 23 heavy (non-hydrogen) atoms. The number of nitrogens with zero attached hydrogens (tertiary/aromatic N) is 2. The standard InChI is InChI=1S/C16H19N3O4/c1-18-12-9-19(7-2-8-20)15(22)13(12)14(17-16(18)23)10-3-5-11(21)6-4-10/h3-6,14,20-21H,2,7-9H2,1H3,(H,17,23)/t14-/m0/s1. The maximum atomic E-state index is 12.7. The van der Waals surface area contributed by atoms with E-state index < -0.39 is 6.04 Å². The Labute approximate surface area is 133 Å². The molecule has 0 unspecified atom stereocenters. The number of aliphatic hydroxyl groups excluding tert-OH is 1. The Morgan fingerprint density at radius 2 is 1.96 bits per heavy atom. The lowest BCUT2D eigenvalue weighted by Crippen LogP contribution is -2.45. The van der Waals surface area contributed by atoms with Crippen molar-refractivity contribution in [3.8, 4) is 5.75 Å². The van der Waals surface area contributed by atoms with Gasteiger partial charge in [0.15, 0.2) is 0 Å². The van der Waals surface area contributed by atoms with E-state index in [-0.39, 0.29) is 24.3 Å². The van der Waals surface area contributed by atoms with Gasteiger partial charge in [0.05, 0.1) is 23.9 Å². The van der Waals surface area contributed by atoms with Crippen molar-refractivity contribution in [3.05, 3.63) is 41.1 Å². The fraction of sp³-hybridized carbons (Fsp3) is 0.375. The molecule has 7 heteroatoms. The van der Waals surface area contributed by atoms with Crippen LogP contribution in [0.3, 0.4) is 0 Å². The van der Waals surface area contributed by atoms with E-state index in [0.717, 1.165) is 5.56 Å². The number of likely N-dealkylation sites (N-methyl/N-ethyl adjacent to an activating group) is 1. The molecule has 0 radical (unpaired) electrons. The van der Waals surface area contributed by atoms with Crippen LogP contribution in [0.2, 0.25) is 0 Å². The van der Waals surface area contributed by atoms with Gasteiger partial charge in [0.25, 0.3) is 5.91 Å². The van der Waals surface area contributed by atoms with E-state index in [4.69, 9.17) is 5.11 Å². The number of urea groups is 1. The number of amides is 3. The molecule has 2 aliphatic heterocycles. The smallest absolute Gasteiger partial charge is 0.322 e. The second-order valence-electron chi connectivity index (χ2n) is 5.70. The van der Waals surface area contributed by atoms with Crippen LogP contribution in [0, 0.1) is 0 Å². The molecule has 1 aromatic rings. The lowest BCUT2D eigenvalue weighted by Gasteiger charge is -2.31. The summed E-state index contributed by atoms with van der Waals surface area (Å²) in [5, 5.41) is 21.2. The van der Waals surface area contributed by atoms with Crippen LogP contribution in [-0.2, 0) is 4.79 Å². The van der Waals surface area contributed by atoms with Gasteiger partial charge in [-0.3, -0.25) is 9.69 Å². The maximum Gasteiger partial charge on any atom is 0.322 e. The third-order valence-electron chi connectivity index (χ3n) is 4.25. The highest BCUT2D eigenvalue weighted by Crippen LogP contribution is 2.35. The highest BCUT2D eigenvalue weighted by molar-refractivity contribution is 6.01. The van der Waals surface area contributed by atoms with Crippen LogP contribution in [-0.4, -0.2) is 58.7 Å². The van der Waals surface area contributed by atoms with Crippen molar-refractivity contribution in [3.63, 3.8) is 0 Å². The lowest BCUT2D eigenvalue weighted by atomic mass is 9.96. The molecule has 1 aromatic carbocycles. The van der Waals surface area contributed by atoms with E-state index in [9.17, 15) is 14.7 Å². The number of phenols is 1. The van der Waals surface area contributed by atoms with Crippen molar-refractivity contribution in [1.29, 1.82) is 0 Å². The molecule has 7 nitrogen and oxygen atoms in total. The van der Waals surface area contributed by atoms with Crippen molar-refractivity contribution in [2.45, 2.75) is 12.5 Å². The number of carbonyl (C=O) groups excluding carboxylic acids is 2. The van der Waals surface area contributed by atoms with Crippen LogP contribution >= 0.6 is 0 Å². The molecule has 3 N–H and O–H groups in total. The van der Waals surface area contributed by atoms with Crippen molar-refractivity contribution in [2.24, 2.45) is 0 Å². The molecular weight excluding hydrogens is 298 g/mol. The van der Waals surface area contributed by atoms with Crippen LogP contribution in [0.1, 0.15) is 18.0 Å². The Morgan fingerprint density at radius 1 is 1.26 bits per heavy atom. The third kappa shape index (κ3) is 2.63. The second-order valence-corrected chi connectivity index (χ2v) is 5.70. The van der Waals surface area contributed by atoms with Gasteiger partial charge in [-0.15, -0.1) is 0 Å². The lowest BCUT2D eigenvalue weighted by molar-refractivity contribution is -0.125. The van der Waals surface area contributed by atoms with Gasteiger partial charge >= 0.3 is 6.03 Å². The predicted octanol–water partition coefficient (Wildman–Crippen LogP) is 0.567. The quantitative estimate of drug-likeness (QED) is 0.757. The van der Waals surface area contributed by atoms with E-state index in [2.05, 4.69) is 5.32 Å². The minimum Gasteiger partial charge on any atom is -0.508 e. The van der Waals surface area contributed by atoms with Gasteiger partial charge in [-0.1, -0.05) is 12.1 Å². The molecule has 0 fully saturated rings. The maximum absolute atomic E-state index is 12.7.